The van der Waals surface area contributed by atoms with Gasteiger partial charge in [-0.15, -0.1) is 0 Å². The topological polar surface area (TPSA) is 53.0 Å². The van der Waals surface area contributed by atoms with Crippen LogP contribution in [0.15, 0.2) is 11.8 Å². The van der Waals surface area contributed by atoms with Crippen molar-refractivity contribution in [3.05, 3.63) is 11.8 Å². The third-order valence-corrected chi connectivity index (χ3v) is 1.13. The molecule has 0 aliphatic heterocycles. The molecule has 0 aliphatic carbocycles. The number of alkyl halides is 2. The summed E-state index contributed by atoms with van der Waals surface area (Å²) in [5.41, 5.74) is -0.155. The van der Waals surface area contributed by atoms with Crippen LogP contribution < -0.4 is 5.32 Å². The zero-order valence-corrected chi connectivity index (χ0v) is 6.74. The highest BCUT2D eigenvalue weighted by Gasteiger charge is 2.01. The standard InChI is InChI=1S/C6H7ClF2N2O/c7-6(10)4(3-12)1-11-2-5(8)9/h1,3,5,10-11H,2H2/b4-1-,10-6?. The van der Waals surface area contributed by atoms with Gasteiger partial charge >= 0.3 is 0 Å². The van der Waals surface area contributed by atoms with Crippen LogP contribution in [0.5, 0.6) is 0 Å². The van der Waals surface area contributed by atoms with Crippen molar-refractivity contribution >= 4 is 23.1 Å². The van der Waals surface area contributed by atoms with E-state index in [1.165, 1.54) is 0 Å². The smallest absolute Gasteiger partial charge is 0.255 e. The van der Waals surface area contributed by atoms with Crippen molar-refractivity contribution in [2.75, 3.05) is 6.54 Å². The predicted octanol–water partition coefficient (Wildman–Crippen LogP) is 1.14. The highest BCUT2D eigenvalue weighted by Crippen LogP contribution is 1.95. The Balaban J connectivity index is 3.95. The summed E-state index contributed by atoms with van der Waals surface area (Å²) in [5, 5.41) is 8.44. The lowest BCUT2D eigenvalue weighted by Gasteiger charge is -1.99. The summed E-state index contributed by atoms with van der Waals surface area (Å²) in [6, 6.07) is 0. The Kier molecular flexibility index (Phi) is 5.19. The average molecular weight is 197 g/mol. The number of nitrogens with one attached hydrogen (secondary N) is 2. The SMILES string of the molecule is N=C(Cl)/C(C=O)=C\NCC(F)F. The molecule has 0 saturated carbocycles. The maximum Gasteiger partial charge on any atom is 0.255 e. The zero-order chi connectivity index (χ0) is 9.56. The monoisotopic (exact) mass is 196 g/mol. The lowest BCUT2D eigenvalue weighted by molar-refractivity contribution is -0.104. The fraction of sp³-hybridized carbons (Fsp3) is 0.333. The molecule has 0 saturated heterocycles. The van der Waals surface area contributed by atoms with Crippen LogP contribution in [0.3, 0.4) is 0 Å². The van der Waals surface area contributed by atoms with Crippen LogP contribution >= 0.6 is 11.6 Å². The highest BCUT2D eigenvalue weighted by molar-refractivity contribution is 6.70. The molecular formula is C6H7ClF2N2O. The largest absolute Gasteiger partial charge is 0.384 e. The fourth-order valence-electron chi connectivity index (χ4n) is 0.407. The third-order valence-electron chi connectivity index (χ3n) is 0.910. The minimum atomic E-state index is -2.50. The summed E-state index contributed by atoms with van der Waals surface area (Å²) < 4.78 is 23.0. The van der Waals surface area contributed by atoms with Crippen molar-refractivity contribution < 1.29 is 13.6 Å². The van der Waals surface area contributed by atoms with Crippen molar-refractivity contribution in [1.29, 1.82) is 5.41 Å². The molecule has 0 amide bonds. The van der Waals surface area contributed by atoms with Crippen LogP contribution in [0.1, 0.15) is 0 Å². The molecule has 2 N–H and O–H groups in total. The number of carbonyl (C=O) groups is 1. The van der Waals surface area contributed by atoms with Crippen LogP contribution in [-0.4, -0.2) is 24.4 Å². The fourth-order valence-corrected chi connectivity index (χ4v) is 0.506. The normalized spacial score (nSPS) is 11.5. The van der Waals surface area contributed by atoms with Gasteiger partial charge in [0, 0.05) is 6.20 Å². The number of aldehydes is 1. The number of hydrogen-bond acceptors (Lipinski definition) is 3. The van der Waals surface area contributed by atoms with Gasteiger partial charge in [0.05, 0.1) is 12.1 Å². The van der Waals surface area contributed by atoms with E-state index in [1.807, 2.05) is 0 Å². The van der Waals surface area contributed by atoms with Crippen molar-refractivity contribution in [3.8, 4) is 0 Å². The minimum absolute atomic E-state index is 0.155. The van der Waals surface area contributed by atoms with Gasteiger partial charge in [-0.05, 0) is 0 Å². The lowest BCUT2D eigenvalue weighted by Crippen LogP contribution is -2.16. The summed E-state index contributed by atoms with van der Waals surface area (Å²) in [5.74, 6) is 0. The molecule has 0 aromatic rings. The van der Waals surface area contributed by atoms with Gasteiger partial charge in [0.25, 0.3) is 6.43 Å². The average Bonchev–Trinajstić information content (AvgIpc) is 1.96. The van der Waals surface area contributed by atoms with Crippen LogP contribution in [0.4, 0.5) is 8.78 Å². The number of hydrogen-bond donors (Lipinski definition) is 2. The molecule has 12 heavy (non-hydrogen) atoms. The van der Waals surface area contributed by atoms with E-state index in [-0.39, 0.29) is 5.57 Å². The van der Waals surface area contributed by atoms with E-state index in [1.54, 1.807) is 0 Å². The Morgan fingerprint density at radius 3 is 2.58 bits per heavy atom. The van der Waals surface area contributed by atoms with Crippen molar-refractivity contribution in [3.63, 3.8) is 0 Å². The van der Waals surface area contributed by atoms with Crippen LogP contribution in [0, 0.1) is 5.41 Å². The van der Waals surface area contributed by atoms with E-state index in [9.17, 15) is 13.6 Å². The van der Waals surface area contributed by atoms with Gasteiger partial charge in [-0.2, -0.15) is 0 Å². The summed E-state index contributed by atoms with van der Waals surface area (Å²) >= 11 is 5.12. The summed E-state index contributed by atoms with van der Waals surface area (Å²) in [7, 11) is 0. The first-order chi connectivity index (χ1) is 5.57. The molecule has 3 nitrogen and oxygen atoms in total. The summed E-state index contributed by atoms with van der Waals surface area (Å²) in [4.78, 5) is 10.1. The number of rotatable bonds is 5. The van der Waals surface area contributed by atoms with Gasteiger partial charge in [0.2, 0.25) is 0 Å². The maximum atomic E-state index is 11.5. The molecule has 0 unspecified atom stereocenters. The Hall–Kier alpha value is -0.970. The molecule has 0 aromatic carbocycles. The molecular weight excluding hydrogens is 190 g/mol. The van der Waals surface area contributed by atoms with E-state index in [4.69, 9.17) is 17.0 Å². The van der Waals surface area contributed by atoms with Crippen molar-refractivity contribution in [2.45, 2.75) is 6.43 Å². The predicted molar refractivity (Wildman–Crippen MR) is 41.7 cm³/mol. The molecule has 0 aromatic heterocycles. The molecule has 0 fully saturated rings. The second kappa shape index (κ2) is 5.65. The minimum Gasteiger partial charge on any atom is -0.384 e. The molecule has 0 radical (unpaired) electrons. The van der Waals surface area contributed by atoms with Gasteiger partial charge in [0.1, 0.15) is 5.17 Å². The first-order valence-corrected chi connectivity index (χ1v) is 3.37. The molecule has 0 spiro atoms. The zero-order valence-electron chi connectivity index (χ0n) is 5.98. The summed E-state index contributed by atoms with van der Waals surface area (Å²) in [6.45, 7) is -0.568. The molecule has 0 bridgehead atoms. The van der Waals surface area contributed by atoms with Gasteiger partial charge in [-0.3, -0.25) is 10.2 Å². The molecule has 0 aliphatic rings. The van der Waals surface area contributed by atoms with Gasteiger partial charge in [0.15, 0.2) is 6.29 Å². The van der Waals surface area contributed by atoms with E-state index in [0.29, 0.717) is 6.29 Å². The Morgan fingerprint density at radius 1 is 1.67 bits per heavy atom. The molecule has 0 rings (SSSR count). The molecule has 0 atom stereocenters. The first kappa shape index (κ1) is 11.0. The first-order valence-electron chi connectivity index (χ1n) is 2.99. The van der Waals surface area contributed by atoms with Crippen LogP contribution in [-0.2, 0) is 4.79 Å². The van der Waals surface area contributed by atoms with Gasteiger partial charge in [-0.25, -0.2) is 8.78 Å². The van der Waals surface area contributed by atoms with Gasteiger partial charge < -0.3 is 5.32 Å². The lowest BCUT2D eigenvalue weighted by atomic mass is 10.3. The van der Waals surface area contributed by atoms with Crippen molar-refractivity contribution in [1.82, 2.24) is 5.32 Å². The Labute approximate surface area is 72.9 Å². The van der Waals surface area contributed by atoms with Crippen LogP contribution in [0.25, 0.3) is 0 Å². The van der Waals surface area contributed by atoms with E-state index in [2.05, 4.69) is 5.32 Å². The number of carbonyl (C=O) groups excluding carboxylic acids is 1. The molecule has 6 heteroatoms. The van der Waals surface area contributed by atoms with Gasteiger partial charge in [-0.1, -0.05) is 11.6 Å². The Morgan fingerprint density at radius 2 is 2.25 bits per heavy atom. The number of allylic oxidation sites excluding steroid dienone is 1. The van der Waals surface area contributed by atoms with E-state index >= 15 is 0 Å². The molecule has 68 valence electrons. The highest BCUT2D eigenvalue weighted by atomic mass is 35.5. The van der Waals surface area contributed by atoms with Crippen molar-refractivity contribution in [2.24, 2.45) is 0 Å². The molecule has 0 heterocycles. The Bertz CT molecular complexity index is 206. The maximum absolute atomic E-state index is 11.5. The quantitative estimate of drug-likeness (QED) is 0.394. The number of halogens is 3. The third kappa shape index (κ3) is 4.79. The summed E-state index contributed by atoms with van der Waals surface area (Å²) in [6.07, 6.45) is -1.21. The van der Waals surface area contributed by atoms with E-state index in [0.717, 1.165) is 6.20 Å². The second-order valence-electron chi connectivity index (χ2n) is 1.83. The second-order valence-corrected chi connectivity index (χ2v) is 2.21. The van der Waals surface area contributed by atoms with Crippen LogP contribution in [0.2, 0.25) is 0 Å². The van der Waals surface area contributed by atoms with E-state index < -0.39 is 18.1 Å².